The van der Waals surface area contributed by atoms with Crippen LogP contribution in [0.15, 0.2) is 35.2 Å². The Hall–Kier alpha value is -2.06. The average molecular weight is 364 g/mol. The van der Waals surface area contributed by atoms with Crippen LogP contribution in [0.3, 0.4) is 0 Å². The summed E-state index contributed by atoms with van der Waals surface area (Å²) in [5.41, 5.74) is -0.0728. The van der Waals surface area contributed by atoms with Crippen LogP contribution in [-0.2, 0) is 10.0 Å². The highest BCUT2D eigenvalue weighted by molar-refractivity contribution is 7.92. The maximum absolute atomic E-state index is 13.7. The molecule has 0 aliphatic carbocycles. The Morgan fingerprint density at radius 1 is 1.04 bits per heavy atom. The molecule has 0 fully saturated rings. The first-order valence-electron chi connectivity index (χ1n) is 6.18. The van der Waals surface area contributed by atoms with Crippen LogP contribution >= 0.6 is 11.6 Å². The molecule has 0 saturated heterocycles. The Balaban J connectivity index is 2.53. The van der Waals surface area contributed by atoms with Crippen molar-refractivity contribution >= 4 is 27.3 Å². The van der Waals surface area contributed by atoms with Gasteiger partial charge in [0.2, 0.25) is 0 Å². The minimum atomic E-state index is -4.52. The van der Waals surface area contributed by atoms with Crippen LogP contribution in [0, 0.1) is 11.6 Å². The topological polar surface area (TPSA) is 64.6 Å². The van der Waals surface area contributed by atoms with E-state index in [9.17, 15) is 17.2 Å². The van der Waals surface area contributed by atoms with Crippen LogP contribution in [0.4, 0.5) is 14.5 Å². The van der Waals surface area contributed by atoms with Crippen molar-refractivity contribution in [3.63, 3.8) is 0 Å². The zero-order valence-corrected chi connectivity index (χ0v) is 13.6. The summed E-state index contributed by atoms with van der Waals surface area (Å²) < 4.78 is 64.0. The van der Waals surface area contributed by atoms with Crippen molar-refractivity contribution < 1.29 is 26.7 Å². The molecule has 2 aromatic rings. The SMILES string of the molecule is COc1cc(NS(=O)(=O)c2c(F)cccc2F)c(OC)cc1Cl. The third kappa shape index (κ3) is 3.48. The van der Waals surface area contributed by atoms with Gasteiger partial charge >= 0.3 is 0 Å². The van der Waals surface area contributed by atoms with E-state index in [2.05, 4.69) is 4.72 Å². The smallest absolute Gasteiger partial charge is 0.267 e. The molecule has 0 heterocycles. The second-order valence-corrected chi connectivity index (χ2v) is 6.37. The predicted molar refractivity (Wildman–Crippen MR) is 81.7 cm³/mol. The largest absolute Gasteiger partial charge is 0.495 e. The van der Waals surface area contributed by atoms with E-state index in [1.54, 1.807) is 0 Å². The predicted octanol–water partition coefficient (Wildman–Crippen LogP) is 3.44. The number of nitrogens with one attached hydrogen (secondary N) is 1. The van der Waals surface area contributed by atoms with Crippen LogP contribution in [0.5, 0.6) is 11.5 Å². The molecule has 0 radical (unpaired) electrons. The van der Waals surface area contributed by atoms with Gasteiger partial charge < -0.3 is 9.47 Å². The van der Waals surface area contributed by atoms with E-state index in [4.69, 9.17) is 21.1 Å². The molecule has 2 rings (SSSR count). The van der Waals surface area contributed by atoms with Crippen LogP contribution in [0.1, 0.15) is 0 Å². The van der Waals surface area contributed by atoms with Gasteiger partial charge in [-0.25, -0.2) is 17.2 Å². The van der Waals surface area contributed by atoms with Crippen molar-refractivity contribution in [3.05, 3.63) is 47.0 Å². The van der Waals surface area contributed by atoms with Gasteiger partial charge in [-0.3, -0.25) is 4.72 Å². The zero-order valence-electron chi connectivity index (χ0n) is 12.1. The maximum atomic E-state index is 13.7. The van der Waals surface area contributed by atoms with Crippen molar-refractivity contribution in [2.24, 2.45) is 0 Å². The van der Waals surface area contributed by atoms with E-state index in [1.807, 2.05) is 0 Å². The Bertz CT molecular complexity index is 823. The summed E-state index contributed by atoms with van der Waals surface area (Å²) in [5.74, 6) is -2.19. The van der Waals surface area contributed by atoms with Crippen LogP contribution in [0.25, 0.3) is 0 Å². The Labute approximate surface area is 136 Å². The highest BCUT2D eigenvalue weighted by Gasteiger charge is 2.25. The first kappa shape index (κ1) is 17.3. The Kier molecular flexibility index (Phi) is 4.96. The molecule has 0 unspecified atom stereocenters. The van der Waals surface area contributed by atoms with E-state index >= 15 is 0 Å². The summed E-state index contributed by atoms with van der Waals surface area (Å²) in [6.07, 6.45) is 0. The molecule has 0 atom stereocenters. The zero-order chi connectivity index (χ0) is 17.2. The van der Waals surface area contributed by atoms with Gasteiger partial charge in [0.15, 0.2) is 4.90 Å². The molecule has 0 saturated carbocycles. The number of rotatable bonds is 5. The molecule has 2 aromatic carbocycles. The first-order valence-corrected chi connectivity index (χ1v) is 8.04. The lowest BCUT2D eigenvalue weighted by Crippen LogP contribution is -2.17. The van der Waals surface area contributed by atoms with Crippen molar-refractivity contribution in [3.8, 4) is 11.5 Å². The van der Waals surface area contributed by atoms with E-state index in [0.29, 0.717) is 0 Å². The minimum Gasteiger partial charge on any atom is -0.495 e. The van der Waals surface area contributed by atoms with E-state index in [-0.39, 0.29) is 22.2 Å². The summed E-state index contributed by atoms with van der Waals surface area (Å²) in [6.45, 7) is 0. The van der Waals surface area contributed by atoms with E-state index in [0.717, 1.165) is 18.2 Å². The van der Waals surface area contributed by atoms with Gasteiger partial charge in [-0.2, -0.15) is 0 Å². The van der Waals surface area contributed by atoms with Gasteiger partial charge in [-0.15, -0.1) is 0 Å². The molecular formula is C14H12ClF2NO4S. The van der Waals surface area contributed by atoms with Gasteiger partial charge in [0, 0.05) is 12.1 Å². The number of ether oxygens (including phenoxy) is 2. The number of sulfonamides is 1. The summed E-state index contributed by atoms with van der Waals surface area (Å²) in [5, 5.41) is 0.185. The Morgan fingerprint density at radius 3 is 2.13 bits per heavy atom. The second-order valence-electron chi connectivity index (χ2n) is 4.34. The number of benzene rings is 2. The van der Waals surface area contributed by atoms with Crippen LogP contribution < -0.4 is 14.2 Å². The molecule has 9 heteroatoms. The van der Waals surface area contributed by atoms with Crippen molar-refractivity contribution in [1.82, 2.24) is 0 Å². The van der Waals surface area contributed by atoms with Gasteiger partial charge in [0.05, 0.1) is 24.9 Å². The molecule has 124 valence electrons. The summed E-state index contributed by atoms with van der Waals surface area (Å²) in [7, 11) is -1.90. The lowest BCUT2D eigenvalue weighted by molar-refractivity contribution is 0.405. The molecule has 23 heavy (non-hydrogen) atoms. The van der Waals surface area contributed by atoms with Gasteiger partial charge in [-0.1, -0.05) is 17.7 Å². The average Bonchev–Trinajstić information content (AvgIpc) is 2.47. The van der Waals surface area contributed by atoms with Crippen molar-refractivity contribution in [1.29, 1.82) is 0 Å². The lowest BCUT2D eigenvalue weighted by Gasteiger charge is -2.14. The van der Waals surface area contributed by atoms with Gasteiger partial charge in [0.1, 0.15) is 23.1 Å². The number of hydrogen-bond donors (Lipinski definition) is 1. The second kappa shape index (κ2) is 6.59. The molecule has 0 aliphatic rings. The Morgan fingerprint density at radius 2 is 1.61 bits per heavy atom. The monoisotopic (exact) mass is 363 g/mol. The molecule has 0 aliphatic heterocycles. The fourth-order valence-corrected chi connectivity index (χ4v) is 3.31. The standard InChI is InChI=1S/C14H12ClF2NO4S/c1-21-12-7-11(13(22-2)6-8(12)15)18-23(19,20)14-9(16)4-3-5-10(14)17/h3-7,18H,1-2H3. The molecule has 0 aromatic heterocycles. The van der Waals surface area contributed by atoms with Gasteiger partial charge in [0.25, 0.3) is 10.0 Å². The molecule has 5 nitrogen and oxygen atoms in total. The van der Waals surface area contributed by atoms with Crippen molar-refractivity contribution in [2.45, 2.75) is 4.90 Å². The number of halogens is 3. The fraction of sp³-hybridized carbons (Fsp3) is 0.143. The van der Waals surface area contributed by atoms with E-state index in [1.165, 1.54) is 26.4 Å². The maximum Gasteiger partial charge on any atom is 0.267 e. The quantitative estimate of drug-likeness (QED) is 0.883. The number of anilines is 1. The van der Waals surface area contributed by atoms with Gasteiger partial charge in [-0.05, 0) is 12.1 Å². The summed E-state index contributed by atoms with van der Waals surface area (Å²) >= 11 is 5.92. The fourth-order valence-electron chi connectivity index (χ4n) is 1.88. The van der Waals surface area contributed by atoms with Crippen LogP contribution in [0.2, 0.25) is 5.02 Å². The minimum absolute atomic E-state index is 0.0659. The van der Waals surface area contributed by atoms with Crippen LogP contribution in [-0.4, -0.2) is 22.6 Å². The molecular weight excluding hydrogens is 352 g/mol. The number of hydrogen-bond acceptors (Lipinski definition) is 4. The molecule has 1 N–H and O–H groups in total. The van der Waals surface area contributed by atoms with Crippen molar-refractivity contribution in [2.75, 3.05) is 18.9 Å². The highest BCUT2D eigenvalue weighted by Crippen LogP contribution is 2.37. The third-order valence-electron chi connectivity index (χ3n) is 2.91. The lowest BCUT2D eigenvalue weighted by atomic mass is 10.3. The highest BCUT2D eigenvalue weighted by atomic mass is 35.5. The third-order valence-corrected chi connectivity index (χ3v) is 4.62. The molecule has 0 amide bonds. The first-order chi connectivity index (χ1) is 10.8. The number of methoxy groups -OCH3 is 2. The van der Waals surface area contributed by atoms with E-state index < -0.39 is 26.6 Å². The molecule has 0 bridgehead atoms. The normalized spacial score (nSPS) is 11.2. The summed E-state index contributed by atoms with van der Waals surface area (Å²) in [4.78, 5) is -1.09. The molecule has 0 spiro atoms. The summed E-state index contributed by atoms with van der Waals surface area (Å²) in [6, 6.07) is 5.32.